The molecule has 2 aromatic rings. The maximum absolute atomic E-state index is 12.8. The summed E-state index contributed by atoms with van der Waals surface area (Å²) in [6.07, 6.45) is 0.304. The molecule has 148 valence electrons. The summed E-state index contributed by atoms with van der Waals surface area (Å²) in [5, 5.41) is 2.94. The molecule has 0 radical (unpaired) electrons. The first kappa shape index (κ1) is 19.9. The number of amides is 2. The van der Waals surface area contributed by atoms with Crippen LogP contribution in [-0.4, -0.2) is 31.0 Å². The third-order valence-corrected chi connectivity index (χ3v) is 5.01. The average Bonchev–Trinajstić information content (AvgIpc) is 2.70. The molecule has 0 fully saturated rings. The quantitative estimate of drug-likeness (QED) is 0.829. The highest BCUT2D eigenvalue weighted by molar-refractivity contribution is 5.97. The molecule has 0 spiro atoms. The summed E-state index contributed by atoms with van der Waals surface area (Å²) in [6.45, 7) is 7.08. The molecule has 0 unspecified atom stereocenters. The van der Waals surface area contributed by atoms with Gasteiger partial charge in [-0.05, 0) is 43.0 Å². The van der Waals surface area contributed by atoms with E-state index in [4.69, 9.17) is 4.74 Å². The molecule has 3 rings (SSSR count). The number of rotatable bonds is 6. The number of carbonyl (C=O) groups is 2. The van der Waals surface area contributed by atoms with Gasteiger partial charge in [0.05, 0.1) is 12.2 Å². The Morgan fingerprint density at radius 3 is 2.68 bits per heavy atom. The number of hydrogen-bond donors (Lipinski definition) is 1. The van der Waals surface area contributed by atoms with Crippen LogP contribution in [-0.2, 0) is 9.59 Å². The van der Waals surface area contributed by atoms with Crippen LogP contribution < -0.4 is 15.0 Å². The van der Waals surface area contributed by atoms with E-state index in [1.54, 1.807) is 4.90 Å². The summed E-state index contributed by atoms with van der Waals surface area (Å²) in [5.41, 5.74) is 3.05. The highest BCUT2D eigenvalue weighted by atomic mass is 16.5. The van der Waals surface area contributed by atoms with Crippen LogP contribution in [0.2, 0.25) is 0 Å². The lowest BCUT2D eigenvalue weighted by Crippen LogP contribution is -2.42. The third-order valence-electron chi connectivity index (χ3n) is 5.01. The summed E-state index contributed by atoms with van der Waals surface area (Å²) >= 11 is 0. The van der Waals surface area contributed by atoms with Crippen LogP contribution in [0.25, 0.3) is 0 Å². The van der Waals surface area contributed by atoms with Crippen LogP contribution in [0.15, 0.2) is 48.5 Å². The van der Waals surface area contributed by atoms with Gasteiger partial charge in [-0.3, -0.25) is 9.59 Å². The number of anilines is 1. The van der Waals surface area contributed by atoms with Gasteiger partial charge in [-0.25, -0.2) is 0 Å². The zero-order chi connectivity index (χ0) is 20.1. The lowest BCUT2D eigenvalue weighted by Gasteiger charge is -2.33. The van der Waals surface area contributed by atoms with Crippen LogP contribution >= 0.6 is 0 Å². The molecule has 1 heterocycles. The number of nitrogens with zero attached hydrogens (tertiary/aromatic N) is 1. The van der Waals surface area contributed by atoms with Gasteiger partial charge in [0, 0.05) is 19.4 Å². The first-order valence-electron chi connectivity index (χ1n) is 9.83. The topological polar surface area (TPSA) is 58.6 Å². The Bertz CT molecular complexity index is 835. The summed E-state index contributed by atoms with van der Waals surface area (Å²) in [6, 6.07) is 15.9. The van der Waals surface area contributed by atoms with Crippen molar-refractivity contribution >= 4 is 17.5 Å². The zero-order valence-corrected chi connectivity index (χ0v) is 16.8. The van der Waals surface area contributed by atoms with Crippen LogP contribution in [0.1, 0.15) is 43.7 Å². The summed E-state index contributed by atoms with van der Waals surface area (Å²) < 4.78 is 5.83. The van der Waals surface area contributed by atoms with Gasteiger partial charge in [-0.1, -0.05) is 43.3 Å². The van der Waals surface area contributed by atoms with Crippen LogP contribution in [0.4, 0.5) is 5.69 Å². The second-order valence-electron chi connectivity index (χ2n) is 7.52. The number of hydrogen-bond acceptors (Lipinski definition) is 3. The Kier molecular flexibility index (Phi) is 6.34. The second kappa shape index (κ2) is 8.91. The number of aryl methyl sites for hydroxylation is 1. The van der Waals surface area contributed by atoms with Gasteiger partial charge in [-0.15, -0.1) is 0 Å². The summed E-state index contributed by atoms with van der Waals surface area (Å²) in [7, 11) is 0. The number of carbonyl (C=O) groups excluding carboxylic acids is 2. The normalized spacial score (nSPS) is 16.7. The summed E-state index contributed by atoms with van der Waals surface area (Å²) in [5.74, 6) is 0.810. The molecule has 1 aliphatic rings. The highest BCUT2D eigenvalue weighted by Crippen LogP contribution is 2.34. The van der Waals surface area contributed by atoms with Crippen molar-refractivity contribution < 1.29 is 14.3 Å². The Morgan fingerprint density at radius 2 is 1.93 bits per heavy atom. The Labute approximate surface area is 166 Å². The van der Waals surface area contributed by atoms with E-state index in [0.29, 0.717) is 13.1 Å². The predicted octanol–water partition coefficient (Wildman–Crippen LogP) is 3.81. The fourth-order valence-corrected chi connectivity index (χ4v) is 3.39. The van der Waals surface area contributed by atoms with E-state index in [2.05, 4.69) is 24.4 Å². The minimum absolute atomic E-state index is 0.0479. The molecule has 1 N–H and O–H groups in total. The Balaban J connectivity index is 1.53. The lowest BCUT2D eigenvalue weighted by atomic mass is 10.0. The van der Waals surface area contributed by atoms with Gasteiger partial charge in [0.2, 0.25) is 11.8 Å². The molecule has 5 heteroatoms. The fourth-order valence-electron chi connectivity index (χ4n) is 3.39. The minimum atomic E-state index is -0.0955. The average molecular weight is 380 g/mol. The zero-order valence-electron chi connectivity index (χ0n) is 16.8. The van der Waals surface area contributed by atoms with E-state index in [0.717, 1.165) is 17.0 Å². The standard InChI is InChI=1S/C23H28N2O3/c1-16-9-10-21-20(13-16)25(15-18(3)28-21)23(27)12-11-22(26)24-14-17(2)19-7-5-4-6-8-19/h4-10,13,17-18H,11-12,14-15H2,1-3H3,(H,24,26)/t17-,18+/m0/s1. The van der Waals surface area contributed by atoms with Crippen molar-refractivity contribution in [3.05, 3.63) is 59.7 Å². The SMILES string of the molecule is Cc1ccc2c(c1)N(C(=O)CCC(=O)NC[C@H](C)c1ccccc1)C[C@@H](C)O2. The largest absolute Gasteiger partial charge is 0.487 e. The van der Waals surface area contributed by atoms with E-state index in [1.807, 2.05) is 50.2 Å². The molecule has 0 bridgehead atoms. The monoisotopic (exact) mass is 380 g/mol. The Morgan fingerprint density at radius 1 is 1.18 bits per heavy atom. The molecule has 2 aromatic carbocycles. The predicted molar refractivity (Wildman–Crippen MR) is 111 cm³/mol. The van der Waals surface area contributed by atoms with Gasteiger partial charge in [0.1, 0.15) is 11.9 Å². The van der Waals surface area contributed by atoms with Crippen LogP contribution in [0.3, 0.4) is 0 Å². The van der Waals surface area contributed by atoms with E-state index in [9.17, 15) is 9.59 Å². The second-order valence-corrected chi connectivity index (χ2v) is 7.52. The van der Waals surface area contributed by atoms with Gasteiger partial charge in [0.25, 0.3) is 0 Å². The van der Waals surface area contributed by atoms with Crippen molar-refractivity contribution in [3.63, 3.8) is 0 Å². The van der Waals surface area contributed by atoms with Crippen LogP contribution in [0, 0.1) is 6.92 Å². The molecule has 0 saturated heterocycles. The fraction of sp³-hybridized carbons (Fsp3) is 0.391. The van der Waals surface area contributed by atoms with Crippen molar-refractivity contribution in [2.75, 3.05) is 18.0 Å². The van der Waals surface area contributed by atoms with Crippen molar-refractivity contribution in [1.82, 2.24) is 5.32 Å². The van der Waals surface area contributed by atoms with Gasteiger partial charge in [-0.2, -0.15) is 0 Å². The molecule has 2 amide bonds. The molecule has 0 aromatic heterocycles. The number of ether oxygens (including phenoxy) is 1. The first-order valence-corrected chi connectivity index (χ1v) is 9.83. The molecule has 0 saturated carbocycles. The highest BCUT2D eigenvalue weighted by Gasteiger charge is 2.27. The van der Waals surface area contributed by atoms with Crippen molar-refractivity contribution in [2.24, 2.45) is 0 Å². The molecule has 28 heavy (non-hydrogen) atoms. The molecule has 0 aliphatic carbocycles. The lowest BCUT2D eigenvalue weighted by molar-refractivity contribution is -0.125. The maximum Gasteiger partial charge on any atom is 0.227 e. The number of nitrogens with one attached hydrogen (secondary N) is 1. The number of benzene rings is 2. The molecule has 2 atom stereocenters. The summed E-state index contributed by atoms with van der Waals surface area (Å²) in [4.78, 5) is 26.7. The van der Waals surface area contributed by atoms with Gasteiger partial charge < -0.3 is 15.0 Å². The van der Waals surface area contributed by atoms with Gasteiger partial charge in [0.15, 0.2) is 0 Å². The van der Waals surface area contributed by atoms with Gasteiger partial charge >= 0.3 is 0 Å². The van der Waals surface area contributed by atoms with Crippen molar-refractivity contribution in [1.29, 1.82) is 0 Å². The Hall–Kier alpha value is -2.82. The van der Waals surface area contributed by atoms with E-state index < -0.39 is 0 Å². The molecule has 1 aliphatic heterocycles. The van der Waals surface area contributed by atoms with Crippen molar-refractivity contribution in [3.8, 4) is 5.75 Å². The smallest absolute Gasteiger partial charge is 0.227 e. The molecule has 5 nitrogen and oxygen atoms in total. The van der Waals surface area contributed by atoms with E-state index in [-0.39, 0.29) is 36.7 Å². The number of fused-ring (bicyclic) bond motifs is 1. The third kappa shape index (κ3) is 4.91. The molecular formula is C23H28N2O3. The van der Waals surface area contributed by atoms with E-state index in [1.165, 1.54) is 5.56 Å². The van der Waals surface area contributed by atoms with Crippen LogP contribution in [0.5, 0.6) is 5.75 Å². The van der Waals surface area contributed by atoms with Crippen molar-refractivity contribution in [2.45, 2.75) is 45.6 Å². The molecular weight excluding hydrogens is 352 g/mol. The van der Waals surface area contributed by atoms with E-state index >= 15 is 0 Å². The minimum Gasteiger partial charge on any atom is -0.487 e. The first-order chi connectivity index (χ1) is 13.4. The maximum atomic E-state index is 12.8.